The number of hydrogen-bond acceptors (Lipinski definition) is 6. The Bertz CT molecular complexity index is 891. The second kappa shape index (κ2) is 6.03. The van der Waals surface area contributed by atoms with E-state index in [9.17, 15) is 9.59 Å². The van der Waals surface area contributed by atoms with Crippen LogP contribution in [0, 0.1) is 13.8 Å². The second-order valence-corrected chi connectivity index (χ2v) is 5.09. The van der Waals surface area contributed by atoms with E-state index in [0.29, 0.717) is 28.2 Å². The van der Waals surface area contributed by atoms with Crippen LogP contribution in [0.1, 0.15) is 32.1 Å². The van der Waals surface area contributed by atoms with E-state index in [0.717, 1.165) is 0 Å². The highest BCUT2D eigenvalue weighted by Gasteiger charge is 2.23. The minimum absolute atomic E-state index is 0.113. The van der Waals surface area contributed by atoms with Gasteiger partial charge in [-0.25, -0.2) is 4.79 Å². The van der Waals surface area contributed by atoms with Gasteiger partial charge in [0.25, 0.3) is 5.91 Å². The van der Waals surface area contributed by atoms with Crippen molar-refractivity contribution in [2.75, 3.05) is 12.4 Å². The Morgan fingerprint density at radius 1 is 1.33 bits per heavy atom. The van der Waals surface area contributed by atoms with Crippen LogP contribution in [0.4, 0.5) is 5.95 Å². The lowest BCUT2D eigenvalue weighted by Crippen LogP contribution is -2.15. The number of rotatable bonds is 4. The Labute approximate surface area is 136 Å². The monoisotopic (exact) mass is 329 g/mol. The molecular weight excluding hydrogens is 314 g/mol. The number of anilines is 1. The molecule has 24 heavy (non-hydrogen) atoms. The average molecular weight is 329 g/mol. The standard InChI is InChI=1S/C15H15N5O4/c1-7-10(14(22)23-3)8(2)16-11(7)13(21)18-15-17-12(19-20-15)9-4-5-24-6-9/h4-6,16H,1-3H3,(H2,17,18,19,20,21). The molecule has 0 aliphatic rings. The zero-order valence-electron chi connectivity index (χ0n) is 13.3. The van der Waals surface area contributed by atoms with Crippen molar-refractivity contribution >= 4 is 17.8 Å². The lowest BCUT2D eigenvalue weighted by atomic mass is 10.1. The van der Waals surface area contributed by atoms with Gasteiger partial charge in [-0.1, -0.05) is 0 Å². The van der Waals surface area contributed by atoms with Gasteiger partial charge in [-0.15, -0.1) is 5.10 Å². The van der Waals surface area contributed by atoms with Crippen molar-refractivity contribution in [3.8, 4) is 11.4 Å². The number of ether oxygens (including phenoxy) is 1. The molecule has 9 heteroatoms. The number of aromatic amines is 2. The van der Waals surface area contributed by atoms with E-state index in [1.165, 1.54) is 19.6 Å². The third-order valence-electron chi connectivity index (χ3n) is 3.56. The molecule has 9 nitrogen and oxygen atoms in total. The Morgan fingerprint density at radius 2 is 2.12 bits per heavy atom. The normalized spacial score (nSPS) is 10.6. The lowest BCUT2D eigenvalue weighted by Gasteiger charge is -2.01. The Balaban J connectivity index is 1.82. The van der Waals surface area contributed by atoms with Gasteiger partial charge in [-0.05, 0) is 25.5 Å². The molecule has 3 aromatic heterocycles. The summed E-state index contributed by atoms with van der Waals surface area (Å²) in [4.78, 5) is 31.2. The summed E-state index contributed by atoms with van der Waals surface area (Å²) < 4.78 is 9.69. The van der Waals surface area contributed by atoms with Crippen LogP contribution in [-0.2, 0) is 4.74 Å². The van der Waals surface area contributed by atoms with E-state index < -0.39 is 11.9 Å². The molecule has 0 atom stereocenters. The summed E-state index contributed by atoms with van der Waals surface area (Å²) in [5, 5.41) is 9.21. The van der Waals surface area contributed by atoms with Crippen molar-refractivity contribution in [2.45, 2.75) is 13.8 Å². The first-order valence-electron chi connectivity index (χ1n) is 7.05. The van der Waals surface area contributed by atoms with Crippen LogP contribution >= 0.6 is 0 Å². The average Bonchev–Trinajstić information content (AvgIpc) is 3.27. The predicted octanol–water partition coefficient (Wildman–Crippen LogP) is 2.05. The van der Waals surface area contributed by atoms with E-state index in [1.54, 1.807) is 19.9 Å². The number of esters is 1. The number of aryl methyl sites for hydroxylation is 1. The molecule has 0 saturated carbocycles. The highest BCUT2D eigenvalue weighted by Crippen LogP contribution is 2.20. The van der Waals surface area contributed by atoms with Crippen LogP contribution in [0.2, 0.25) is 0 Å². The van der Waals surface area contributed by atoms with Crippen LogP contribution in [-0.4, -0.2) is 39.2 Å². The number of hydrogen-bond donors (Lipinski definition) is 3. The Hall–Kier alpha value is -3.36. The topological polar surface area (TPSA) is 126 Å². The summed E-state index contributed by atoms with van der Waals surface area (Å²) in [6, 6.07) is 1.72. The molecule has 0 fully saturated rings. The van der Waals surface area contributed by atoms with Crippen LogP contribution < -0.4 is 5.32 Å². The van der Waals surface area contributed by atoms with Gasteiger partial charge in [0.2, 0.25) is 5.95 Å². The molecule has 3 aromatic rings. The summed E-state index contributed by atoms with van der Waals surface area (Å²) in [7, 11) is 1.29. The molecule has 0 aromatic carbocycles. The molecule has 3 rings (SSSR count). The maximum atomic E-state index is 12.4. The summed E-state index contributed by atoms with van der Waals surface area (Å²) in [5.74, 6) is -0.375. The van der Waals surface area contributed by atoms with Gasteiger partial charge >= 0.3 is 5.97 Å². The van der Waals surface area contributed by atoms with Gasteiger partial charge in [-0.3, -0.25) is 15.2 Å². The van der Waals surface area contributed by atoms with Crippen LogP contribution in [0.5, 0.6) is 0 Å². The molecule has 0 saturated heterocycles. The molecule has 0 radical (unpaired) electrons. The van der Waals surface area contributed by atoms with Crippen molar-refractivity contribution in [3.63, 3.8) is 0 Å². The number of H-pyrrole nitrogens is 2. The number of carbonyl (C=O) groups is 2. The number of aromatic nitrogens is 4. The molecule has 0 aliphatic carbocycles. The van der Waals surface area contributed by atoms with E-state index in [-0.39, 0.29) is 11.6 Å². The van der Waals surface area contributed by atoms with Crippen molar-refractivity contribution in [1.29, 1.82) is 0 Å². The third-order valence-corrected chi connectivity index (χ3v) is 3.56. The van der Waals surface area contributed by atoms with Gasteiger partial charge in [0.1, 0.15) is 12.0 Å². The van der Waals surface area contributed by atoms with Crippen molar-refractivity contribution in [3.05, 3.63) is 41.1 Å². The van der Waals surface area contributed by atoms with Gasteiger partial charge in [0.15, 0.2) is 5.82 Å². The Morgan fingerprint density at radius 3 is 2.79 bits per heavy atom. The first kappa shape index (κ1) is 15.5. The largest absolute Gasteiger partial charge is 0.472 e. The fourth-order valence-electron chi connectivity index (χ4n) is 2.40. The molecule has 1 amide bonds. The predicted molar refractivity (Wildman–Crippen MR) is 83.6 cm³/mol. The fraction of sp³-hybridized carbons (Fsp3) is 0.200. The Kier molecular flexibility index (Phi) is 3.90. The number of nitrogens with zero attached hydrogens (tertiary/aromatic N) is 2. The first-order chi connectivity index (χ1) is 11.5. The quantitative estimate of drug-likeness (QED) is 0.629. The molecule has 3 heterocycles. The first-order valence-corrected chi connectivity index (χ1v) is 7.05. The lowest BCUT2D eigenvalue weighted by molar-refractivity contribution is 0.0599. The molecule has 0 bridgehead atoms. The number of amides is 1. The van der Waals surface area contributed by atoms with Gasteiger partial charge in [0.05, 0.1) is 24.5 Å². The van der Waals surface area contributed by atoms with Gasteiger partial charge < -0.3 is 14.1 Å². The van der Waals surface area contributed by atoms with E-state index in [4.69, 9.17) is 9.15 Å². The number of furan rings is 1. The zero-order chi connectivity index (χ0) is 17.3. The second-order valence-electron chi connectivity index (χ2n) is 5.09. The minimum atomic E-state index is -0.500. The maximum absolute atomic E-state index is 12.4. The van der Waals surface area contributed by atoms with Crippen molar-refractivity contribution in [1.82, 2.24) is 20.2 Å². The van der Waals surface area contributed by atoms with Crippen LogP contribution in [0.25, 0.3) is 11.4 Å². The zero-order valence-corrected chi connectivity index (χ0v) is 13.3. The number of nitrogens with one attached hydrogen (secondary N) is 3. The molecule has 0 aliphatic heterocycles. The van der Waals surface area contributed by atoms with E-state index >= 15 is 0 Å². The van der Waals surface area contributed by atoms with E-state index in [2.05, 4.69) is 25.5 Å². The number of carbonyl (C=O) groups excluding carboxylic acids is 2. The highest BCUT2D eigenvalue weighted by molar-refractivity contribution is 6.06. The number of methoxy groups -OCH3 is 1. The molecule has 3 N–H and O–H groups in total. The van der Waals surface area contributed by atoms with Crippen molar-refractivity contribution < 1.29 is 18.7 Å². The molecule has 0 spiro atoms. The maximum Gasteiger partial charge on any atom is 0.339 e. The molecule has 0 unspecified atom stereocenters. The fourth-order valence-corrected chi connectivity index (χ4v) is 2.40. The van der Waals surface area contributed by atoms with Gasteiger partial charge in [-0.2, -0.15) is 4.98 Å². The van der Waals surface area contributed by atoms with Gasteiger partial charge in [0, 0.05) is 5.69 Å². The summed E-state index contributed by atoms with van der Waals surface area (Å²) >= 11 is 0. The summed E-state index contributed by atoms with van der Waals surface area (Å²) in [5.41, 5.74) is 2.36. The highest BCUT2D eigenvalue weighted by atomic mass is 16.5. The van der Waals surface area contributed by atoms with Crippen molar-refractivity contribution in [2.24, 2.45) is 0 Å². The molecule has 124 valence electrons. The van der Waals surface area contributed by atoms with Crippen LogP contribution in [0.3, 0.4) is 0 Å². The summed E-state index contributed by atoms with van der Waals surface area (Å²) in [6.07, 6.45) is 3.02. The molecular formula is C15H15N5O4. The van der Waals surface area contributed by atoms with Crippen LogP contribution in [0.15, 0.2) is 23.0 Å². The minimum Gasteiger partial charge on any atom is -0.472 e. The SMILES string of the molecule is COC(=O)c1c(C)[nH]c(C(=O)Nc2n[nH]c(-c3ccoc3)n2)c1C. The third kappa shape index (κ3) is 2.67. The summed E-state index contributed by atoms with van der Waals surface area (Å²) in [6.45, 7) is 3.36. The smallest absolute Gasteiger partial charge is 0.339 e. The van der Waals surface area contributed by atoms with E-state index in [1.807, 2.05) is 0 Å².